The van der Waals surface area contributed by atoms with Gasteiger partial charge in [-0.15, -0.1) is 0 Å². The monoisotopic (exact) mass is 274 g/mol. The van der Waals surface area contributed by atoms with E-state index in [1.54, 1.807) is 0 Å². The molecule has 3 atom stereocenters. The summed E-state index contributed by atoms with van der Waals surface area (Å²) in [6, 6.07) is 7.06. The van der Waals surface area contributed by atoms with E-state index < -0.39 is 17.4 Å². The molecule has 1 aliphatic heterocycles. The second-order valence-corrected chi connectivity index (χ2v) is 5.68. The summed E-state index contributed by atoms with van der Waals surface area (Å²) in [6.45, 7) is 0. The molecule has 4 N–H and O–H groups in total. The van der Waals surface area contributed by atoms with Crippen LogP contribution in [0.1, 0.15) is 30.4 Å². The van der Waals surface area contributed by atoms with Gasteiger partial charge in [0.05, 0.1) is 5.41 Å². The van der Waals surface area contributed by atoms with Crippen LogP contribution in [0.3, 0.4) is 0 Å². The van der Waals surface area contributed by atoms with E-state index in [-0.39, 0.29) is 11.9 Å². The van der Waals surface area contributed by atoms with E-state index in [1.807, 2.05) is 24.3 Å². The van der Waals surface area contributed by atoms with Gasteiger partial charge in [0.1, 0.15) is 6.04 Å². The minimum atomic E-state index is -0.863. The maximum absolute atomic E-state index is 12.2. The van der Waals surface area contributed by atoms with E-state index in [1.165, 1.54) is 0 Å². The van der Waals surface area contributed by atoms with Crippen molar-refractivity contribution in [1.29, 1.82) is 0 Å². The number of hydrogen-bond acceptors (Lipinski definition) is 3. The van der Waals surface area contributed by atoms with Gasteiger partial charge in [0.25, 0.3) is 0 Å². The van der Waals surface area contributed by atoms with Crippen molar-refractivity contribution in [3.63, 3.8) is 0 Å². The van der Waals surface area contributed by atoms with Crippen molar-refractivity contribution < 1.29 is 14.7 Å². The van der Waals surface area contributed by atoms with Gasteiger partial charge in [0.15, 0.2) is 0 Å². The number of carboxylic acid groups (broad SMARTS) is 1. The first-order chi connectivity index (χ1) is 9.55. The van der Waals surface area contributed by atoms with Gasteiger partial charge in [0, 0.05) is 6.04 Å². The molecular formula is C15H18N2O3. The van der Waals surface area contributed by atoms with Crippen molar-refractivity contribution in [3.8, 4) is 0 Å². The quantitative estimate of drug-likeness (QED) is 0.751. The number of benzene rings is 1. The van der Waals surface area contributed by atoms with Crippen molar-refractivity contribution in [2.45, 2.75) is 43.2 Å². The summed E-state index contributed by atoms with van der Waals surface area (Å²) >= 11 is 0. The minimum Gasteiger partial charge on any atom is -0.480 e. The number of carbonyl (C=O) groups excluding carboxylic acids is 1. The van der Waals surface area contributed by atoms with Gasteiger partial charge in [0.2, 0.25) is 5.91 Å². The highest BCUT2D eigenvalue weighted by atomic mass is 16.4. The summed E-state index contributed by atoms with van der Waals surface area (Å²) in [5.41, 5.74) is 7.07. The number of carboxylic acids is 1. The lowest BCUT2D eigenvalue weighted by atomic mass is 9.74. The maximum atomic E-state index is 12.2. The first-order valence-corrected chi connectivity index (χ1v) is 6.93. The predicted octanol–water partition coefficient (Wildman–Crippen LogP) is 0.561. The van der Waals surface area contributed by atoms with Gasteiger partial charge < -0.3 is 16.2 Å². The summed E-state index contributed by atoms with van der Waals surface area (Å²) in [7, 11) is 0. The van der Waals surface area contributed by atoms with Crippen LogP contribution in [-0.4, -0.2) is 29.1 Å². The molecule has 0 saturated carbocycles. The first kappa shape index (κ1) is 13.1. The molecule has 1 aromatic carbocycles. The van der Waals surface area contributed by atoms with Crippen molar-refractivity contribution in [2.24, 2.45) is 5.73 Å². The summed E-state index contributed by atoms with van der Waals surface area (Å²) in [6.07, 6.45) is 2.67. The molecular weight excluding hydrogens is 256 g/mol. The van der Waals surface area contributed by atoms with Crippen molar-refractivity contribution in [2.75, 3.05) is 0 Å². The number of nitrogens with two attached hydrogens (primary N) is 1. The lowest BCUT2D eigenvalue weighted by Crippen LogP contribution is -2.54. The fourth-order valence-electron chi connectivity index (χ4n) is 3.76. The van der Waals surface area contributed by atoms with Crippen LogP contribution in [0, 0.1) is 0 Å². The fourth-order valence-corrected chi connectivity index (χ4v) is 3.76. The van der Waals surface area contributed by atoms with E-state index in [4.69, 9.17) is 10.8 Å². The Morgan fingerprint density at radius 1 is 1.30 bits per heavy atom. The average Bonchev–Trinajstić information content (AvgIpc) is 3.03. The van der Waals surface area contributed by atoms with Gasteiger partial charge in [-0.25, -0.2) is 0 Å². The molecule has 1 aliphatic carbocycles. The highest BCUT2D eigenvalue weighted by molar-refractivity contribution is 5.89. The third-order valence-electron chi connectivity index (χ3n) is 4.77. The van der Waals surface area contributed by atoms with Crippen LogP contribution in [0.15, 0.2) is 24.3 Å². The molecule has 0 aromatic heterocycles. The molecule has 0 bridgehead atoms. The van der Waals surface area contributed by atoms with E-state index in [2.05, 4.69) is 5.32 Å². The smallest absolute Gasteiger partial charge is 0.320 e. The van der Waals surface area contributed by atoms with E-state index in [0.717, 1.165) is 17.5 Å². The van der Waals surface area contributed by atoms with Gasteiger partial charge in [-0.3, -0.25) is 9.59 Å². The zero-order valence-corrected chi connectivity index (χ0v) is 11.1. The maximum Gasteiger partial charge on any atom is 0.320 e. The molecule has 1 heterocycles. The molecule has 5 heteroatoms. The molecule has 1 saturated heterocycles. The fraction of sp³-hybridized carbons (Fsp3) is 0.467. The molecule has 20 heavy (non-hydrogen) atoms. The second kappa shape index (κ2) is 4.59. The Bertz CT molecular complexity index is 572. The molecule has 0 spiro atoms. The van der Waals surface area contributed by atoms with Crippen molar-refractivity contribution in [1.82, 2.24) is 5.32 Å². The number of fused-ring (bicyclic) bond motifs is 1. The number of rotatable bonds is 3. The average molecular weight is 274 g/mol. The zero-order chi connectivity index (χ0) is 14.3. The number of aryl methyl sites for hydroxylation is 1. The van der Waals surface area contributed by atoms with Crippen LogP contribution in [0.25, 0.3) is 0 Å². The Morgan fingerprint density at radius 3 is 2.70 bits per heavy atom. The number of aliphatic carboxylic acids is 1. The summed E-state index contributed by atoms with van der Waals surface area (Å²) in [5, 5.41) is 12.2. The number of primary amides is 1. The first-order valence-electron chi connectivity index (χ1n) is 6.93. The highest BCUT2D eigenvalue weighted by Crippen LogP contribution is 2.44. The Morgan fingerprint density at radius 2 is 2.05 bits per heavy atom. The van der Waals surface area contributed by atoms with E-state index in [9.17, 15) is 9.59 Å². The molecule has 5 nitrogen and oxygen atoms in total. The van der Waals surface area contributed by atoms with E-state index in [0.29, 0.717) is 19.3 Å². The van der Waals surface area contributed by atoms with Crippen LogP contribution < -0.4 is 11.1 Å². The van der Waals surface area contributed by atoms with Crippen LogP contribution in [0.2, 0.25) is 0 Å². The van der Waals surface area contributed by atoms with Gasteiger partial charge in [-0.2, -0.15) is 0 Å². The minimum absolute atomic E-state index is 0.190. The zero-order valence-electron chi connectivity index (χ0n) is 11.1. The third kappa shape index (κ3) is 1.73. The molecule has 1 fully saturated rings. The molecule has 1 amide bonds. The summed E-state index contributed by atoms with van der Waals surface area (Å²) in [4.78, 5) is 23.3. The number of carbonyl (C=O) groups is 2. The standard InChI is InChI=1S/C15H18N2O3/c16-14(20)15(12-6-5-11(17-12)13(18)19)8-7-9-3-1-2-4-10(9)15/h1-4,11-12,17H,5-8H2,(H2,16,20)(H,18,19)/t11-,12?,15?/m0/s1. The van der Waals surface area contributed by atoms with Crippen molar-refractivity contribution >= 4 is 11.9 Å². The van der Waals surface area contributed by atoms with Gasteiger partial charge in [-0.1, -0.05) is 24.3 Å². The molecule has 1 aromatic rings. The molecule has 3 rings (SSSR count). The van der Waals surface area contributed by atoms with Gasteiger partial charge >= 0.3 is 5.97 Å². The predicted molar refractivity (Wildman–Crippen MR) is 73.2 cm³/mol. The number of amides is 1. The largest absolute Gasteiger partial charge is 0.480 e. The normalized spacial score (nSPS) is 32.0. The summed E-state index contributed by atoms with van der Waals surface area (Å²) < 4.78 is 0. The van der Waals surface area contributed by atoms with Crippen LogP contribution in [-0.2, 0) is 21.4 Å². The third-order valence-corrected chi connectivity index (χ3v) is 4.77. The Labute approximate surface area is 117 Å². The van der Waals surface area contributed by atoms with E-state index >= 15 is 0 Å². The van der Waals surface area contributed by atoms with Crippen molar-refractivity contribution in [3.05, 3.63) is 35.4 Å². The second-order valence-electron chi connectivity index (χ2n) is 5.68. The van der Waals surface area contributed by atoms with Crippen LogP contribution in [0.5, 0.6) is 0 Å². The Hall–Kier alpha value is -1.88. The lowest BCUT2D eigenvalue weighted by molar-refractivity contribution is -0.139. The topological polar surface area (TPSA) is 92.4 Å². The Kier molecular flexibility index (Phi) is 3.01. The van der Waals surface area contributed by atoms with Gasteiger partial charge in [-0.05, 0) is 36.8 Å². The molecule has 2 aliphatic rings. The summed E-state index contributed by atoms with van der Waals surface area (Å²) in [5.74, 6) is -1.22. The number of nitrogens with one attached hydrogen (secondary N) is 1. The van der Waals surface area contributed by atoms with Crippen LogP contribution in [0.4, 0.5) is 0 Å². The molecule has 2 unspecified atom stereocenters. The number of hydrogen-bond donors (Lipinski definition) is 3. The lowest BCUT2D eigenvalue weighted by Gasteiger charge is -2.33. The van der Waals surface area contributed by atoms with Crippen LogP contribution >= 0.6 is 0 Å². The molecule has 0 radical (unpaired) electrons. The highest BCUT2D eigenvalue weighted by Gasteiger charge is 2.52. The molecule has 106 valence electrons. The Balaban J connectivity index is 2.00. The SMILES string of the molecule is NC(=O)C1(C2CC[C@@H](C(=O)O)N2)CCc2ccccc21.